The Morgan fingerprint density at radius 2 is 1.95 bits per heavy atom. The summed E-state index contributed by atoms with van der Waals surface area (Å²) in [7, 11) is 1.74. The highest BCUT2D eigenvalue weighted by Gasteiger charge is 2.21. The van der Waals surface area contributed by atoms with Crippen molar-refractivity contribution in [3.63, 3.8) is 0 Å². The van der Waals surface area contributed by atoms with Gasteiger partial charge in [-0.1, -0.05) is 12.1 Å². The SMILES string of the molecule is Cc1nn(C)cc1-c1nn(-c2ccccc2F)cc1C(=O)O. The minimum atomic E-state index is -1.12. The summed E-state index contributed by atoms with van der Waals surface area (Å²) in [6.07, 6.45) is 3.00. The number of hydrogen-bond acceptors (Lipinski definition) is 3. The fraction of sp³-hybridized carbons (Fsp3) is 0.133. The molecule has 0 aliphatic heterocycles. The van der Waals surface area contributed by atoms with E-state index >= 15 is 0 Å². The Morgan fingerprint density at radius 3 is 2.55 bits per heavy atom. The molecule has 1 N–H and O–H groups in total. The molecule has 22 heavy (non-hydrogen) atoms. The number of para-hydroxylation sites is 1. The first-order valence-corrected chi connectivity index (χ1v) is 6.56. The zero-order chi connectivity index (χ0) is 15.9. The average Bonchev–Trinajstić information content (AvgIpc) is 3.02. The molecule has 3 aromatic rings. The van der Waals surface area contributed by atoms with Crippen LogP contribution < -0.4 is 0 Å². The number of benzene rings is 1. The molecular weight excluding hydrogens is 287 g/mol. The lowest BCUT2D eigenvalue weighted by Gasteiger charge is -2.01. The number of carbonyl (C=O) groups is 1. The van der Waals surface area contributed by atoms with Crippen LogP contribution >= 0.6 is 0 Å². The van der Waals surface area contributed by atoms with E-state index in [9.17, 15) is 14.3 Å². The van der Waals surface area contributed by atoms with Crippen LogP contribution in [0.5, 0.6) is 0 Å². The summed E-state index contributed by atoms with van der Waals surface area (Å²) in [6, 6.07) is 6.06. The number of aromatic carboxylic acids is 1. The molecule has 0 saturated carbocycles. The van der Waals surface area contributed by atoms with Crippen LogP contribution in [0.25, 0.3) is 16.9 Å². The number of carboxylic acid groups (broad SMARTS) is 1. The van der Waals surface area contributed by atoms with Crippen LogP contribution in [-0.4, -0.2) is 30.6 Å². The van der Waals surface area contributed by atoms with E-state index in [1.165, 1.54) is 23.0 Å². The topological polar surface area (TPSA) is 72.9 Å². The quantitative estimate of drug-likeness (QED) is 0.806. The Hall–Kier alpha value is -2.96. The van der Waals surface area contributed by atoms with Gasteiger partial charge in [0, 0.05) is 25.0 Å². The Balaban J connectivity index is 2.21. The average molecular weight is 300 g/mol. The van der Waals surface area contributed by atoms with Crippen LogP contribution in [0.15, 0.2) is 36.7 Å². The fourth-order valence-corrected chi connectivity index (χ4v) is 2.32. The van der Waals surface area contributed by atoms with Crippen LogP contribution in [-0.2, 0) is 7.05 Å². The van der Waals surface area contributed by atoms with Crippen molar-refractivity contribution in [2.75, 3.05) is 0 Å². The summed E-state index contributed by atoms with van der Waals surface area (Å²) in [5, 5.41) is 17.8. The van der Waals surface area contributed by atoms with Gasteiger partial charge in [0.1, 0.15) is 22.8 Å². The molecule has 112 valence electrons. The van der Waals surface area contributed by atoms with E-state index < -0.39 is 11.8 Å². The van der Waals surface area contributed by atoms with Gasteiger partial charge in [-0.2, -0.15) is 10.2 Å². The largest absolute Gasteiger partial charge is 0.478 e. The summed E-state index contributed by atoms with van der Waals surface area (Å²) in [5.41, 5.74) is 1.72. The molecule has 0 fully saturated rings. The first-order valence-electron chi connectivity index (χ1n) is 6.56. The number of hydrogen-bond donors (Lipinski definition) is 1. The van der Waals surface area contributed by atoms with Crippen LogP contribution in [0.2, 0.25) is 0 Å². The van der Waals surface area contributed by atoms with Gasteiger partial charge >= 0.3 is 5.97 Å². The zero-order valence-corrected chi connectivity index (χ0v) is 12.0. The van der Waals surface area contributed by atoms with Gasteiger partial charge < -0.3 is 5.11 Å². The van der Waals surface area contributed by atoms with Gasteiger partial charge in [-0.15, -0.1) is 0 Å². The lowest BCUT2D eigenvalue weighted by Crippen LogP contribution is -1.98. The Morgan fingerprint density at radius 1 is 1.23 bits per heavy atom. The Kier molecular flexibility index (Phi) is 3.25. The van der Waals surface area contributed by atoms with Crippen molar-refractivity contribution in [3.8, 4) is 16.9 Å². The smallest absolute Gasteiger partial charge is 0.339 e. The molecule has 0 bridgehead atoms. The Labute approximate surface area is 125 Å². The Bertz CT molecular complexity index is 866. The monoisotopic (exact) mass is 300 g/mol. The maximum Gasteiger partial charge on any atom is 0.339 e. The van der Waals surface area contributed by atoms with Crippen LogP contribution in [0.1, 0.15) is 16.1 Å². The van der Waals surface area contributed by atoms with E-state index in [0.717, 1.165) is 0 Å². The molecular formula is C15H13FN4O2. The third-order valence-corrected chi connectivity index (χ3v) is 3.31. The minimum absolute atomic E-state index is 0.000599. The van der Waals surface area contributed by atoms with E-state index in [0.29, 0.717) is 11.3 Å². The van der Waals surface area contributed by atoms with Crippen LogP contribution in [0.4, 0.5) is 4.39 Å². The highest BCUT2D eigenvalue weighted by Crippen LogP contribution is 2.26. The molecule has 0 amide bonds. The predicted molar refractivity (Wildman–Crippen MR) is 77.4 cm³/mol. The van der Waals surface area contributed by atoms with Crippen molar-refractivity contribution in [3.05, 3.63) is 53.7 Å². The molecule has 3 rings (SSSR count). The van der Waals surface area contributed by atoms with E-state index in [1.807, 2.05) is 0 Å². The van der Waals surface area contributed by atoms with Gasteiger partial charge in [0.2, 0.25) is 0 Å². The van der Waals surface area contributed by atoms with Crippen molar-refractivity contribution in [2.24, 2.45) is 7.05 Å². The van der Waals surface area contributed by atoms with Gasteiger partial charge in [0.25, 0.3) is 0 Å². The number of aryl methyl sites for hydroxylation is 2. The first kappa shape index (κ1) is 14.0. The molecule has 2 aromatic heterocycles. The standard InChI is InChI=1S/C15H13FN4O2/c1-9-10(7-19(2)17-9)14-11(15(21)22)8-20(18-14)13-6-4-3-5-12(13)16/h3-8H,1-2H3,(H,21,22). The van der Waals surface area contributed by atoms with Gasteiger partial charge in [0.05, 0.1) is 5.69 Å². The molecule has 1 aromatic carbocycles. The highest BCUT2D eigenvalue weighted by atomic mass is 19.1. The number of nitrogens with zero attached hydrogens (tertiary/aromatic N) is 4. The summed E-state index contributed by atoms with van der Waals surface area (Å²) in [4.78, 5) is 11.5. The number of aromatic nitrogens is 4. The highest BCUT2D eigenvalue weighted by molar-refractivity contribution is 5.95. The molecule has 7 heteroatoms. The number of carboxylic acids is 1. The maximum absolute atomic E-state index is 13.9. The molecule has 0 aliphatic carbocycles. The summed E-state index contributed by atoms with van der Waals surface area (Å²) >= 11 is 0. The predicted octanol–water partition coefficient (Wildman–Crippen LogP) is 2.42. The lowest BCUT2D eigenvalue weighted by molar-refractivity contribution is 0.0697. The van der Waals surface area contributed by atoms with Gasteiger partial charge in [-0.3, -0.25) is 4.68 Å². The molecule has 0 atom stereocenters. The lowest BCUT2D eigenvalue weighted by atomic mass is 10.1. The molecule has 6 nitrogen and oxygen atoms in total. The van der Waals surface area contributed by atoms with E-state index in [2.05, 4.69) is 10.2 Å². The summed E-state index contributed by atoms with van der Waals surface area (Å²) in [6.45, 7) is 1.77. The molecule has 0 spiro atoms. The molecule has 0 radical (unpaired) electrons. The molecule has 2 heterocycles. The van der Waals surface area contributed by atoms with E-state index in [4.69, 9.17) is 0 Å². The van der Waals surface area contributed by atoms with Crippen molar-refractivity contribution in [1.82, 2.24) is 19.6 Å². The van der Waals surface area contributed by atoms with E-state index in [-0.39, 0.29) is 16.9 Å². The zero-order valence-electron chi connectivity index (χ0n) is 12.0. The second-order valence-electron chi connectivity index (χ2n) is 4.89. The van der Waals surface area contributed by atoms with Gasteiger partial charge in [-0.25, -0.2) is 13.9 Å². The van der Waals surface area contributed by atoms with Gasteiger partial charge in [-0.05, 0) is 19.1 Å². The van der Waals surface area contributed by atoms with Crippen molar-refractivity contribution < 1.29 is 14.3 Å². The van der Waals surface area contributed by atoms with Crippen LogP contribution in [0, 0.1) is 12.7 Å². The second-order valence-corrected chi connectivity index (χ2v) is 4.89. The number of rotatable bonds is 3. The first-order chi connectivity index (χ1) is 10.5. The third-order valence-electron chi connectivity index (χ3n) is 3.31. The van der Waals surface area contributed by atoms with Crippen LogP contribution in [0.3, 0.4) is 0 Å². The van der Waals surface area contributed by atoms with Crippen molar-refractivity contribution in [1.29, 1.82) is 0 Å². The molecule has 0 saturated heterocycles. The molecule has 0 aliphatic rings. The fourth-order valence-electron chi connectivity index (χ4n) is 2.32. The third kappa shape index (κ3) is 2.26. The number of halogens is 1. The van der Waals surface area contributed by atoms with Gasteiger partial charge in [0.15, 0.2) is 0 Å². The summed E-state index contributed by atoms with van der Waals surface area (Å²) in [5.74, 6) is -1.60. The summed E-state index contributed by atoms with van der Waals surface area (Å²) < 4.78 is 16.7. The maximum atomic E-state index is 13.9. The van der Waals surface area contributed by atoms with Crippen molar-refractivity contribution >= 4 is 5.97 Å². The second kappa shape index (κ2) is 5.10. The molecule has 0 unspecified atom stereocenters. The van der Waals surface area contributed by atoms with E-state index in [1.54, 1.807) is 37.0 Å². The minimum Gasteiger partial charge on any atom is -0.478 e. The normalized spacial score (nSPS) is 10.9. The van der Waals surface area contributed by atoms with Crippen molar-refractivity contribution in [2.45, 2.75) is 6.92 Å².